The van der Waals surface area contributed by atoms with E-state index < -0.39 is 0 Å². The number of carbonyl (C=O) groups is 1. The Hall–Kier alpha value is -0.410. The normalized spacial score (nSPS) is 8.60. The third kappa shape index (κ3) is 10.5. The van der Waals surface area contributed by atoms with Crippen molar-refractivity contribution in [2.24, 2.45) is 0 Å². The minimum absolute atomic E-state index is 0. The van der Waals surface area contributed by atoms with E-state index in [4.69, 9.17) is 5.11 Å². The van der Waals surface area contributed by atoms with E-state index in [-0.39, 0.29) is 18.5 Å². The molecular weight excluding hydrogens is 130 g/mol. The third-order valence-electron chi connectivity index (χ3n) is 1.19. The number of rotatable bonds is 5. The van der Waals surface area contributed by atoms with Crippen LogP contribution in [0.4, 0.5) is 0 Å². The van der Waals surface area contributed by atoms with E-state index in [0.717, 1.165) is 19.3 Å². The first-order chi connectivity index (χ1) is 4.27. The number of aliphatic hydroxyl groups is 1. The largest absolute Gasteiger partial charge is 0.396 e. The number of ketones is 1. The van der Waals surface area contributed by atoms with E-state index in [9.17, 15) is 4.79 Å². The van der Waals surface area contributed by atoms with Gasteiger partial charge in [0.15, 0.2) is 0 Å². The van der Waals surface area contributed by atoms with Gasteiger partial charge in [-0.25, -0.2) is 0 Å². The second kappa shape index (κ2) is 8.59. The molecule has 0 fully saturated rings. The lowest BCUT2D eigenvalue weighted by molar-refractivity contribution is -0.117. The molecule has 0 aliphatic carbocycles. The highest BCUT2D eigenvalue weighted by atomic mass is 16.2. The van der Waals surface area contributed by atoms with E-state index in [1.807, 2.05) is 0 Å². The quantitative estimate of drug-likeness (QED) is 0.575. The predicted octanol–water partition coefficient (Wildman–Crippen LogP) is 1.29. The standard InChI is InChI=1S/C7H14O2.H3N/c1-7(9)5-3-2-4-6-8;/h8H,2-6H2,1H3;1H3. The molecule has 0 spiro atoms. The summed E-state index contributed by atoms with van der Waals surface area (Å²) in [6.45, 7) is 1.84. The van der Waals surface area contributed by atoms with Crippen LogP contribution in [0.2, 0.25) is 0 Å². The van der Waals surface area contributed by atoms with E-state index in [2.05, 4.69) is 0 Å². The first-order valence-electron chi connectivity index (χ1n) is 3.37. The van der Waals surface area contributed by atoms with Crippen LogP contribution in [0.3, 0.4) is 0 Å². The minimum Gasteiger partial charge on any atom is -0.396 e. The number of hydrogen-bond donors (Lipinski definition) is 2. The molecule has 0 aromatic carbocycles. The number of unbranched alkanes of at least 4 members (excludes halogenated alkanes) is 2. The Morgan fingerprint density at radius 3 is 2.30 bits per heavy atom. The summed E-state index contributed by atoms with van der Waals surface area (Å²) in [5.74, 6) is 0.243. The van der Waals surface area contributed by atoms with Gasteiger partial charge in [0.25, 0.3) is 0 Å². The van der Waals surface area contributed by atoms with Crippen LogP contribution < -0.4 is 6.15 Å². The van der Waals surface area contributed by atoms with Crippen molar-refractivity contribution in [3.8, 4) is 0 Å². The topological polar surface area (TPSA) is 72.3 Å². The van der Waals surface area contributed by atoms with Crippen molar-refractivity contribution in [2.75, 3.05) is 6.61 Å². The zero-order chi connectivity index (χ0) is 7.11. The van der Waals surface area contributed by atoms with Gasteiger partial charge < -0.3 is 16.1 Å². The van der Waals surface area contributed by atoms with Crippen LogP contribution in [0.5, 0.6) is 0 Å². The Morgan fingerprint density at radius 2 is 1.90 bits per heavy atom. The number of aliphatic hydroxyl groups excluding tert-OH is 1. The van der Waals surface area contributed by atoms with Crippen LogP contribution >= 0.6 is 0 Å². The smallest absolute Gasteiger partial charge is 0.129 e. The van der Waals surface area contributed by atoms with Gasteiger partial charge in [-0.15, -0.1) is 0 Å². The first-order valence-corrected chi connectivity index (χ1v) is 3.37. The van der Waals surface area contributed by atoms with Gasteiger partial charge in [-0.05, 0) is 19.8 Å². The lowest BCUT2D eigenvalue weighted by Crippen LogP contribution is -1.90. The Morgan fingerprint density at radius 1 is 1.30 bits per heavy atom. The lowest BCUT2D eigenvalue weighted by Gasteiger charge is -1.93. The SMILES string of the molecule is CC(=O)CCCCCO.N. The molecule has 3 heteroatoms. The van der Waals surface area contributed by atoms with Crippen LogP contribution in [0.25, 0.3) is 0 Å². The highest BCUT2D eigenvalue weighted by Gasteiger charge is 1.91. The second-order valence-electron chi connectivity index (χ2n) is 2.24. The average molecular weight is 147 g/mol. The lowest BCUT2D eigenvalue weighted by atomic mass is 10.1. The molecule has 0 rings (SSSR count). The summed E-state index contributed by atoms with van der Waals surface area (Å²) >= 11 is 0. The maximum absolute atomic E-state index is 10.3. The molecular formula is C7H17NO2. The van der Waals surface area contributed by atoms with Gasteiger partial charge in [-0.2, -0.15) is 0 Å². The molecule has 0 aliphatic rings. The van der Waals surface area contributed by atoms with Gasteiger partial charge >= 0.3 is 0 Å². The number of carbonyl (C=O) groups excluding carboxylic acids is 1. The predicted molar refractivity (Wildman–Crippen MR) is 41.3 cm³/mol. The maximum atomic E-state index is 10.3. The van der Waals surface area contributed by atoms with Gasteiger partial charge in [0.05, 0.1) is 0 Å². The molecule has 62 valence electrons. The molecule has 0 heterocycles. The van der Waals surface area contributed by atoms with Crippen molar-refractivity contribution in [1.82, 2.24) is 6.15 Å². The molecule has 0 saturated carbocycles. The van der Waals surface area contributed by atoms with Crippen LogP contribution in [0.15, 0.2) is 0 Å². The van der Waals surface area contributed by atoms with Crippen molar-refractivity contribution >= 4 is 5.78 Å². The molecule has 0 bridgehead atoms. The summed E-state index contributed by atoms with van der Waals surface area (Å²) in [4.78, 5) is 10.3. The van der Waals surface area contributed by atoms with Crippen LogP contribution in [0.1, 0.15) is 32.6 Å². The highest BCUT2D eigenvalue weighted by molar-refractivity contribution is 5.75. The maximum Gasteiger partial charge on any atom is 0.129 e. The molecule has 3 nitrogen and oxygen atoms in total. The van der Waals surface area contributed by atoms with E-state index >= 15 is 0 Å². The van der Waals surface area contributed by atoms with Crippen molar-refractivity contribution in [1.29, 1.82) is 0 Å². The summed E-state index contributed by atoms with van der Waals surface area (Å²) < 4.78 is 0. The summed E-state index contributed by atoms with van der Waals surface area (Å²) in [6, 6.07) is 0. The zero-order valence-electron chi connectivity index (χ0n) is 6.60. The average Bonchev–Trinajstić information content (AvgIpc) is 1.80. The summed E-state index contributed by atoms with van der Waals surface area (Å²) in [5.41, 5.74) is 0. The Bertz CT molecular complexity index is 83.7. The molecule has 0 aromatic rings. The monoisotopic (exact) mass is 147 g/mol. The fourth-order valence-corrected chi connectivity index (χ4v) is 0.663. The molecule has 0 atom stereocenters. The molecule has 10 heavy (non-hydrogen) atoms. The number of Topliss-reactive ketones (excluding diaryl/α,β-unsaturated/α-hetero) is 1. The fourth-order valence-electron chi connectivity index (χ4n) is 0.663. The van der Waals surface area contributed by atoms with Gasteiger partial charge in [0.1, 0.15) is 5.78 Å². The van der Waals surface area contributed by atoms with E-state index in [1.54, 1.807) is 6.92 Å². The molecule has 0 saturated heterocycles. The zero-order valence-corrected chi connectivity index (χ0v) is 6.60. The summed E-state index contributed by atoms with van der Waals surface area (Å²) in [5, 5.41) is 8.35. The number of hydrogen-bond acceptors (Lipinski definition) is 3. The third-order valence-corrected chi connectivity index (χ3v) is 1.19. The van der Waals surface area contributed by atoms with Crippen molar-refractivity contribution in [2.45, 2.75) is 32.6 Å². The van der Waals surface area contributed by atoms with Gasteiger partial charge in [0, 0.05) is 13.0 Å². The van der Waals surface area contributed by atoms with Crippen LogP contribution in [0, 0.1) is 0 Å². The molecule has 0 aromatic heterocycles. The van der Waals surface area contributed by atoms with Gasteiger partial charge in [0.2, 0.25) is 0 Å². The first kappa shape index (κ1) is 12.3. The van der Waals surface area contributed by atoms with Crippen LogP contribution in [-0.4, -0.2) is 17.5 Å². The molecule has 4 N–H and O–H groups in total. The Labute approximate surface area is 62.0 Å². The Kier molecular flexibility index (Phi) is 10.6. The summed E-state index contributed by atoms with van der Waals surface area (Å²) in [6.07, 6.45) is 3.39. The summed E-state index contributed by atoms with van der Waals surface area (Å²) in [7, 11) is 0. The van der Waals surface area contributed by atoms with Gasteiger partial charge in [-0.1, -0.05) is 6.42 Å². The van der Waals surface area contributed by atoms with E-state index in [1.165, 1.54) is 0 Å². The molecule has 0 aliphatic heterocycles. The Balaban J connectivity index is 0. The molecule has 0 unspecified atom stereocenters. The van der Waals surface area contributed by atoms with Crippen molar-refractivity contribution < 1.29 is 9.90 Å². The van der Waals surface area contributed by atoms with Gasteiger partial charge in [-0.3, -0.25) is 0 Å². The van der Waals surface area contributed by atoms with Crippen molar-refractivity contribution in [3.63, 3.8) is 0 Å². The van der Waals surface area contributed by atoms with E-state index in [0.29, 0.717) is 6.42 Å². The molecule has 0 radical (unpaired) electrons. The second-order valence-corrected chi connectivity index (χ2v) is 2.24. The minimum atomic E-state index is 0. The van der Waals surface area contributed by atoms with Crippen LogP contribution in [-0.2, 0) is 4.79 Å². The molecule has 0 amide bonds. The highest BCUT2D eigenvalue weighted by Crippen LogP contribution is 1.98. The fraction of sp³-hybridized carbons (Fsp3) is 0.857. The van der Waals surface area contributed by atoms with Crippen molar-refractivity contribution in [3.05, 3.63) is 0 Å².